The van der Waals surface area contributed by atoms with Gasteiger partial charge in [-0.3, -0.25) is 0 Å². The van der Waals surface area contributed by atoms with E-state index >= 15 is 0 Å². The first kappa shape index (κ1) is 11.5. The first-order valence-corrected chi connectivity index (χ1v) is 5.89. The van der Waals surface area contributed by atoms with Crippen LogP contribution in [0, 0.1) is 5.41 Å². The number of fused-ring (bicyclic) bond motifs is 1. The summed E-state index contributed by atoms with van der Waals surface area (Å²) in [7, 11) is 0. The highest BCUT2D eigenvalue weighted by molar-refractivity contribution is 5.40. The van der Waals surface area contributed by atoms with Gasteiger partial charge in [-0.25, -0.2) is 0 Å². The molecule has 0 amide bonds. The van der Waals surface area contributed by atoms with Crippen molar-refractivity contribution < 1.29 is 9.84 Å². The number of aliphatic hydroxyl groups excluding tert-OH is 1. The van der Waals surface area contributed by atoms with Crippen molar-refractivity contribution in [2.24, 2.45) is 5.41 Å². The summed E-state index contributed by atoms with van der Waals surface area (Å²) < 4.78 is 5.45. The van der Waals surface area contributed by atoms with Gasteiger partial charge in [0.1, 0.15) is 5.75 Å². The SMILES string of the molecule is CC(C)(C)CC(O)c1ccc2c(c1)CCO2. The predicted molar refractivity (Wildman–Crippen MR) is 64.7 cm³/mol. The molecule has 0 saturated carbocycles. The molecule has 0 saturated heterocycles. The lowest BCUT2D eigenvalue weighted by molar-refractivity contribution is 0.122. The molecule has 0 aromatic heterocycles. The fraction of sp³-hybridized carbons (Fsp3) is 0.571. The van der Waals surface area contributed by atoms with E-state index < -0.39 is 0 Å². The molecular weight excluding hydrogens is 200 g/mol. The molecule has 0 spiro atoms. The van der Waals surface area contributed by atoms with Gasteiger partial charge in [-0.05, 0) is 35.1 Å². The van der Waals surface area contributed by atoms with E-state index in [9.17, 15) is 5.11 Å². The Morgan fingerprint density at radius 1 is 1.38 bits per heavy atom. The van der Waals surface area contributed by atoms with Crippen molar-refractivity contribution in [2.75, 3.05) is 6.61 Å². The Morgan fingerprint density at radius 2 is 2.12 bits per heavy atom. The van der Waals surface area contributed by atoms with Crippen molar-refractivity contribution >= 4 is 0 Å². The van der Waals surface area contributed by atoms with Gasteiger partial charge < -0.3 is 9.84 Å². The second-order valence-corrected chi connectivity index (χ2v) is 5.75. The van der Waals surface area contributed by atoms with Crippen molar-refractivity contribution in [3.63, 3.8) is 0 Å². The summed E-state index contributed by atoms with van der Waals surface area (Å²) in [5.41, 5.74) is 2.39. The Bertz CT molecular complexity index is 377. The van der Waals surface area contributed by atoms with Crippen LogP contribution >= 0.6 is 0 Å². The van der Waals surface area contributed by atoms with E-state index in [-0.39, 0.29) is 11.5 Å². The molecule has 1 heterocycles. The first-order chi connectivity index (χ1) is 7.46. The maximum atomic E-state index is 10.1. The molecule has 0 fully saturated rings. The fourth-order valence-corrected chi connectivity index (χ4v) is 2.11. The quantitative estimate of drug-likeness (QED) is 0.830. The Hall–Kier alpha value is -1.02. The van der Waals surface area contributed by atoms with E-state index in [1.165, 1.54) is 5.56 Å². The molecule has 1 unspecified atom stereocenters. The molecule has 2 rings (SSSR count). The molecular formula is C14H20O2. The lowest BCUT2D eigenvalue weighted by atomic mass is 9.86. The number of ether oxygens (including phenoxy) is 1. The topological polar surface area (TPSA) is 29.5 Å². The highest BCUT2D eigenvalue weighted by Gasteiger charge is 2.20. The normalized spacial score (nSPS) is 16.8. The summed E-state index contributed by atoms with van der Waals surface area (Å²) in [6.07, 6.45) is 1.38. The van der Waals surface area contributed by atoms with Crippen LogP contribution in [0.2, 0.25) is 0 Å². The molecule has 1 N–H and O–H groups in total. The van der Waals surface area contributed by atoms with Crippen molar-refractivity contribution in [3.05, 3.63) is 29.3 Å². The van der Waals surface area contributed by atoms with E-state index in [0.29, 0.717) is 0 Å². The summed E-state index contributed by atoms with van der Waals surface area (Å²) in [4.78, 5) is 0. The molecule has 0 bridgehead atoms. The second-order valence-electron chi connectivity index (χ2n) is 5.75. The third-order valence-electron chi connectivity index (χ3n) is 2.90. The lowest BCUT2D eigenvalue weighted by Crippen LogP contribution is -2.11. The van der Waals surface area contributed by atoms with Gasteiger partial charge >= 0.3 is 0 Å². The number of hydrogen-bond donors (Lipinski definition) is 1. The van der Waals surface area contributed by atoms with Gasteiger partial charge in [-0.2, -0.15) is 0 Å². The molecule has 0 aliphatic carbocycles. The molecule has 2 nitrogen and oxygen atoms in total. The average Bonchev–Trinajstić information content (AvgIpc) is 2.61. The summed E-state index contributed by atoms with van der Waals surface area (Å²) in [6.45, 7) is 7.21. The maximum absolute atomic E-state index is 10.1. The van der Waals surface area contributed by atoms with Crippen LogP contribution in [0.1, 0.15) is 44.4 Å². The highest BCUT2D eigenvalue weighted by atomic mass is 16.5. The Morgan fingerprint density at radius 3 is 2.81 bits per heavy atom. The van der Waals surface area contributed by atoms with Gasteiger partial charge in [0.15, 0.2) is 0 Å². The zero-order chi connectivity index (χ0) is 11.8. The van der Waals surface area contributed by atoms with E-state index in [2.05, 4.69) is 26.8 Å². The number of benzene rings is 1. The smallest absolute Gasteiger partial charge is 0.122 e. The van der Waals surface area contributed by atoms with Gasteiger partial charge in [0.2, 0.25) is 0 Å². The fourth-order valence-electron chi connectivity index (χ4n) is 2.11. The van der Waals surface area contributed by atoms with Crippen LogP contribution < -0.4 is 4.74 Å². The van der Waals surface area contributed by atoms with Gasteiger partial charge in [0.25, 0.3) is 0 Å². The molecule has 16 heavy (non-hydrogen) atoms. The Balaban J connectivity index is 2.15. The average molecular weight is 220 g/mol. The molecule has 0 radical (unpaired) electrons. The van der Waals surface area contributed by atoms with Crippen molar-refractivity contribution in [2.45, 2.75) is 39.7 Å². The van der Waals surface area contributed by atoms with Crippen molar-refractivity contribution in [1.82, 2.24) is 0 Å². The van der Waals surface area contributed by atoms with Crippen LogP contribution in [0.15, 0.2) is 18.2 Å². The summed E-state index contributed by atoms with van der Waals surface area (Å²) in [5, 5.41) is 10.1. The zero-order valence-corrected chi connectivity index (χ0v) is 10.3. The van der Waals surface area contributed by atoms with Crippen LogP contribution in [0.5, 0.6) is 5.75 Å². The van der Waals surface area contributed by atoms with Crippen LogP contribution in [0.4, 0.5) is 0 Å². The van der Waals surface area contributed by atoms with E-state index in [0.717, 1.165) is 30.8 Å². The number of aliphatic hydroxyl groups is 1. The summed E-state index contributed by atoms with van der Waals surface area (Å²) >= 11 is 0. The lowest BCUT2D eigenvalue weighted by Gasteiger charge is -2.22. The van der Waals surface area contributed by atoms with Gasteiger partial charge in [-0.15, -0.1) is 0 Å². The Labute approximate surface area is 97.3 Å². The first-order valence-electron chi connectivity index (χ1n) is 5.89. The maximum Gasteiger partial charge on any atom is 0.122 e. The highest BCUT2D eigenvalue weighted by Crippen LogP contribution is 2.33. The molecule has 1 aliphatic heterocycles. The standard InChI is InChI=1S/C14H20O2/c1-14(2,3)9-12(15)10-4-5-13-11(8-10)6-7-16-13/h4-5,8,12,15H,6-7,9H2,1-3H3. The number of hydrogen-bond acceptors (Lipinski definition) is 2. The minimum Gasteiger partial charge on any atom is -0.493 e. The summed E-state index contributed by atoms with van der Waals surface area (Å²) in [6, 6.07) is 6.03. The van der Waals surface area contributed by atoms with E-state index in [1.807, 2.05) is 12.1 Å². The van der Waals surface area contributed by atoms with Crippen LogP contribution in [-0.2, 0) is 6.42 Å². The van der Waals surface area contributed by atoms with Crippen LogP contribution in [-0.4, -0.2) is 11.7 Å². The van der Waals surface area contributed by atoms with Crippen LogP contribution in [0.25, 0.3) is 0 Å². The molecule has 88 valence electrons. The predicted octanol–water partition coefficient (Wildman–Crippen LogP) is 3.09. The molecule has 1 aliphatic rings. The largest absolute Gasteiger partial charge is 0.493 e. The number of rotatable bonds is 2. The Kier molecular flexibility index (Phi) is 2.94. The monoisotopic (exact) mass is 220 g/mol. The molecule has 1 atom stereocenters. The molecule has 1 aromatic rings. The van der Waals surface area contributed by atoms with Crippen LogP contribution in [0.3, 0.4) is 0 Å². The van der Waals surface area contributed by atoms with Gasteiger partial charge in [0, 0.05) is 6.42 Å². The third kappa shape index (κ3) is 2.56. The van der Waals surface area contributed by atoms with Gasteiger partial charge in [0.05, 0.1) is 12.7 Å². The van der Waals surface area contributed by atoms with E-state index in [1.54, 1.807) is 0 Å². The van der Waals surface area contributed by atoms with Crippen molar-refractivity contribution in [1.29, 1.82) is 0 Å². The second kappa shape index (κ2) is 4.10. The minimum atomic E-state index is -0.370. The summed E-state index contributed by atoms with van der Waals surface area (Å²) in [5.74, 6) is 0.978. The third-order valence-corrected chi connectivity index (χ3v) is 2.90. The van der Waals surface area contributed by atoms with Crippen molar-refractivity contribution in [3.8, 4) is 5.75 Å². The van der Waals surface area contributed by atoms with E-state index in [4.69, 9.17) is 4.74 Å². The minimum absolute atomic E-state index is 0.148. The molecule has 2 heteroatoms. The zero-order valence-electron chi connectivity index (χ0n) is 10.3. The van der Waals surface area contributed by atoms with Gasteiger partial charge in [-0.1, -0.05) is 26.8 Å². The molecule has 1 aromatic carbocycles.